The van der Waals surface area contributed by atoms with Gasteiger partial charge in [0.25, 0.3) is 0 Å². The van der Waals surface area contributed by atoms with Gasteiger partial charge in [-0.3, -0.25) is 14.4 Å². The van der Waals surface area contributed by atoms with Gasteiger partial charge in [-0.05, 0) is 18.6 Å². The number of methoxy groups -OCH3 is 1. The van der Waals surface area contributed by atoms with Crippen molar-refractivity contribution in [3.63, 3.8) is 0 Å². The lowest BCUT2D eigenvalue weighted by Gasteiger charge is -2.10. The molecular formula is C14H13NO5. The summed E-state index contributed by atoms with van der Waals surface area (Å²) in [6.45, 7) is 0. The number of nitriles is 1. The molecule has 1 unspecified atom stereocenters. The quantitative estimate of drug-likeness (QED) is 0.478. The molecule has 0 spiro atoms. The van der Waals surface area contributed by atoms with Gasteiger partial charge in [0, 0.05) is 12.0 Å². The van der Waals surface area contributed by atoms with Crippen LogP contribution in [-0.4, -0.2) is 29.9 Å². The Morgan fingerprint density at radius 1 is 1.30 bits per heavy atom. The molecule has 1 atom stereocenters. The number of hydrogen-bond donors (Lipinski definition) is 1. The maximum atomic E-state index is 12.1. The van der Waals surface area contributed by atoms with Crippen LogP contribution in [0.3, 0.4) is 0 Å². The molecule has 20 heavy (non-hydrogen) atoms. The third-order valence-corrected chi connectivity index (χ3v) is 2.78. The lowest BCUT2D eigenvalue weighted by atomic mass is 9.93. The van der Waals surface area contributed by atoms with Gasteiger partial charge >= 0.3 is 11.9 Å². The summed E-state index contributed by atoms with van der Waals surface area (Å²) in [5.41, 5.74) is 0.573. The van der Waals surface area contributed by atoms with Gasteiger partial charge in [0.05, 0.1) is 18.7 Å². The molecule has 0 aliphatic carbocycles. The van der Waals surface area contributed by atoms with Gasteiger partial charge in [0.15, 0.2) is 5.78 Å². The Hall–Kier alpha value is -2.68. The third kappa shape index (κ3) is 3.92. The first-order chi connectivity index (χ1) is 9.49. The number of ketones is 1. The van der Waals surface area contributed by atoms with Crippen LogP contribution in [0.2, 0.25) is 0 Å². The smallest absolute Gasteiger partial charge is 0.314 e. The van der Waals surface area contributed by atoms with E-state index in [9.17, 15) is 14.4 Å². The van der Waals surface area contributed by atoms with Crippen molar-refractivity contribution in [1.29, 1.82) is 5.26 Å². The Bertz CT molecular complexity index is 556. The summed E-state index contributed by atoms with van der Waals surface area (Å²) in [6, 6.07) is 7.57. The van der Waals surface area contributed by atoms with Crippen LogP contribution in [0.4, 0.5) is 0 Å². The minimum Gasteiger partial charge on any atom is -0.481 e. The van der Waals surface area contributed by atoms with Gasteiger partial charge in [-0.1, -0.05) is 12.1 Å². The highest BCUT2D eigenvalue weighted by Crippen LogP contribution is 2.16. The monoisotopic (exact) mass is 275 g/mol. The molecule has 0 aliphatic rings. The zero-order chi connectivity index (χ0) is 15.1. The lowest BCUT2D eigenvalue weighted by molar-refractivity contribution is -0.142. The van der Waals surface area contributed by atoms with E-state index in [0.29, 0.717) is 5.56 Å². The summed E-state index contributed by atoms with van der Waals surface area (Å²) in [4.78, 5) is 34.2. The van der Waals surface area contributed by atoms with Crippen LogP contribution in [0.1, 0.15) is 28.8 Å². The minimum absolute atomic E-state index is 0.124. The number of carboxylic acid groups (broad SMARTS) is 1. The molecule has 0 saturated carbocycles. The standard InChI is InChI=1S/C14H13NO5/c1-20-12(16)7-6-11(14(18)19)13(17)10-4-2-9(8-15)3-5-10/h2-5,11H,6-7H2,1H3,(H,18,19). The van der Waals surface area contributed by atoms with E-state index in [2.05, 4.69) is 4.74 Å². The number of carboxylic acids is 1. The normalized spacial score (nSPS) is 11.2. The predicted molar refractivity (Wildman–Crippen MR) is 67.9 cm³/mol. The molecule has 6 heteroatoms. The Labute approximate surface area is 115 Å². The van der Waals surface area contributed by atoms with Gasteiger partial charge in [-0.2, -0.15) is 5.26 Å². The number of aliphatic carboxylic acids is 1. The van der Waals surface area contributed by atoms with Gasteiger partial charge < -0.3 is 9.84 Å². The van der Waals surface area contributed by atoms with E-state index in [1.54, 1.807) is 0 Å². The fraction of sp³-hybridized carbons (Fsp3) is 0.286. The van der Waals surface area contributed by atoms with Crippen molar-refractivity contribution in [3.05, 3.63) is 35.4 Å². The summed E-state index contributed by atoms with van der Waals surface area (Å²) in [6.07, 6.45) is -0.268. The van der Waals surface area contributed by atoms with Gasteiger partial charge in [-0.15, -0.1) is 0 Å². The maximum Gasteiger partial charge on any atom is 0.314 e. The highest BCUT2D eigenvalue weighted by atomic mass is 16.5. The first-order valence-corrected chi connectivity index (χ1v) is 5.83. The van der Waals surface area contributed by atoms with Crippen molar-refractivity contribution in [2.24, 2.45) is 5.92 Å². The van der Waals surface area contributed by atoms with Crippen LogP contribution < -0.4 is 0 Å². The maximum absolute atomic E-state index is 12.1. The van der Waals surface area contributed by atoms with Crippen molar-refractivity contribution >= 4 is 17.7 Å². The van der Waals surface area contributed by atoms with E-state index in [4.69, 9.17) is 10.4 Å². The Morgan fingerprint density at radius 2 is 1.90 bits per heavy atom. The number of ether oxygens (including phenoxy) is 1. The van der Waals surface area contributed by atoms with E-state index >= 15 is 0 Å². The van der Waals surface area contributed by atoms with E-state index in [-0.39, 0.29) is 18.4 Å². The topological polar surface area (TPSA) is 104 Å². The molecule has 0 bridgehead atoms. The van der Waals surface area contributed by atoms with Crippen molar-refractivity contribution in [3.8, 4) is 6.07 Å². The number of benzene rings is 1. The number of hydrogen-bond acceptors (Lipinski definition) is 5. The summed E-state index contributed by atoms with van der Waals surface area (Å²) in [5.74, 6) is -3.75. The second kappa shape index (κ2) is 7.04. The first kappa shape index (κ1) is 15.4. The molecule has 1 N–H and O–H groups in total. The van der Waals surface area contributed by atoms with Gasteiger partial charge in [0.1, 0.15) is 5.92 Å². The molecule has 6 nitrogen and oxygen atoms in total. The lowest BCUT2D eigenvalue weighted by Crippen LogP contribution is -2.25. The largest absolute Gasteiger partial charge is 0.481 e. The zero-order valence-corrected chi connectivity index (χ0v) is 10.8. The molecule has 1 aromatic carbocycles. The summed E-state index contributed by atoms with van der Waals surface area (Å²) >= 11 is 0. The van der Waals surface area contributed by atoms with Crippen molar-refractivity contribution in [1.82, 2.24) is 0 Å². The van der Waals surface area contributed by atoms with Crippen molar-refractivity contribution in [2.45, 2.75) is 12.8 Å². The van der Waals surface area contributed by atoms with Crippen LogP contribution >= 0.6 is 0 Å². The molecule has 0 aliphatic heterocycles. The predicted octanol–water partition coefficient (Wildman–Crippen LogP) is 1.39. The summed E-state index contributed by atoms with van der Waals surface area (Å²) in [5, 5.41) is 17.7. The van der Waals surface area contributed by atoms with Crippen LogP contribution in [0.5, 0.6) is 0 Å². The van der Waals surface area contributed by atoms with Gasteiger partial charge in [-0.25, -0.2) is 0 Å². The van der Waals surface area contributed by atoms with Crippen LogP contribution in [0.15, 0.2) is 24.3 Å². The average Bonchev–Trinajstić information content (AvgIpc) is 2.46. The Kier molecular flexibility index (Phi) is 5.42. The van der Waals surface area contributed by atoms with Crippen molar-refractivity contribution < 1.29 is 24.2 Å². The number of rotatable bonds is 6. The summed E-state index contributed by atoms with van der Waals surface area (Å²) < 4.78 is 4.42. The second-order valence-corrected chi connectivity index (χ2v) is 4.06. The van der Waals surface area contributed by atoms with Crippen molar-refractivity contribution in [2.75, 3.05) is 7.11 Å². The molecule has 0 amide bonds. The number of carbonyl (C=O) groups is 3. The summed E-state index contributed by atoms with van der Waals surface area (Å²) in [7, 11) is 1.19. The molecule has 0 aromatic heterocycles. The zero-order valence-electron chi connectivity index (χ0n) is 10.8. The first-order valence-electron chi connectivity index (χ1n) is 5.83. The number of carbonyl (C=O) groups excluding carboxylic acids is 2. The SMILES string of the molecule is COC(=O)CCC(C(=O)O)C(=O)c1ccc(C#N)cc1. The third-order valence-electron chi connectivity index (χ3n) is 2.78. The van der Waals surface area contributed by atoms with Crippen LogP contribution in [-0.2, 0) is 14.3 Å². The number of Topliss-reactive ketones (excluding diaryl/α,β-unsaturated/α-hetero) is 1. The van der Waals surface area contributed by atoms with Crippen LogP contribution in [0, 0.1) is 17.2 Å². The van der Waals surface area contributed by atoms with Gasteiger partial charge in [0.2, 0.25) is 0 Å². The molecule has 0 radical (unpaired) electrons. The molecule has 104 valence electrons. The molecular weight excluding hydrogens is 262 g/mol. The molecule has 0 heterocycles. The fourth-order valence-corrected chi connectivity index (χ4v) is 1.64. The average molecular weight is 275 g/mol. The van der Waals surface area contributed by atoms with E-state index in [1.807, 2.05) is 6.07 Å². The minimum atomic E-state index is -1.30. The second-order valence-electron chi connectivity index (χ2n) is 4.06. The van der Waals surface area contributed by atoms with E-state index < -0.39 is 23.6 Å². The molecule has 1 rings (SSSR count). The number of nitrogens with zero attached hydrogens (tertiary/aromatic N) is 1. The molecule has 1 aromatic rings. The fourth-order valence-electron chi connectivity index (χ4n) is 1.64. The highest BCUT2D eigenvalue weighted by Gasteiger charge is 2.27. The molecule has 0 fully saturated rings. The highest BCUT2D eigenvalue weighted by molar-refractivity contribution is 6.08. The van der Waals surface area contributed by atoms with E-state index in [0.717, 1.165) is 0 Å². The number of esters is 1. The Balaban J connectivity index is 2.85. The van der Waals surface area contributed by atoms with Crippen LogP contribution in [0.25, 0.3) is 0 Å². The van der Waals surface area contributed by atoms with E-state index in [1.165, 1.54) is 31.4 Å². The molecule has 0 saturated heterocycles. The Morgan fingerprint density at radius 3 is 2.35 bits per heavy atom.